The number of carbonyl (C=O) groups is 1. The molecule has 3 aliphatic carbocycles. The molecule has 1 aromatic carbocycles. The second kappa shape index (κ2) is 9.51. The van der Waals surface area contributed by atoms with E-state index in [0.29, 0.717) is 34.9 Å². The first-order valence-corrected chi connectivity index (χ1v) is 11.9. The summed E-state index contributed by atoms with van der Waals surface area (Å²) in [6, 6.07) is 5.25. The molecule has 1 amide bonds. The van der Waals surface area contributed by atoms with Gasteiger partial charge >= 0.3 is 0 Å². The Bertz CT molecular complexity index is 830. The number of rotatable bonds is 8. The molecule has 2 atom stereocenters. The van der Waals surface area contributed by atoms with Gasteiger partial charge < -0.3 is 14.8 Å². The molecule has 1 aliphatic heterocycles. The Morgan fingerprint density at radius 2 is 2.06 bits per heavy atom. The minimum atomic E-state index is -0.156. The van der Waals surface area contributed by atoms with Crippen molar-refractivity contribution in [3.8, 4) is 5.75 Å². The minimum absolute atomic E-state index is 0.156. The Kier molecular flexibility index (Phi) is 6.95. The maximum Gasteiger partial charge on any atom is 0.251 e. The molecular weight excluding hydrogens is 412 g/mol. The van der Waals surface area contributed by atoms with Crippen LogP contribution < -0.4 is 10.1 Å². The van der Waals surface area contributed by atoms with Crippen molar-refractivity contribution >= 4 is 17.5 Å². The van der Waals surface area contributed by atoms with Gasteiger partial charge in [-0.15, -0.1) is 0 Å². The number of hydrogen-bond acceptors (Lipinski definition) is 4. The van der Waals surface area contributed by atoms with Crippen LogP contribution in [0, 0.1) is 17.3 Å². The number of nitrogens with zero attached hydrogens (tertiary/aromatic N) is 1. The van der Waals surface area contributed by atoms with E-state index in [-0.39, 0.29) is 12.0 Å². The Balaban J connectivity index is 1.25. The Hall–Kier alpha value is -1.56. The SMILES string of the molecule is COCCNC(=O)c1ccc(OC2CCN(CC3=CC[C@H]4C[C@@H]3C4(C)C)CC2)c(Cl)c1. The van der Waals surface area contributed by atoms with Crippen LogP contribution in [0.15, 0.2) is 29.8 Å². The molecule has 5 rings (SSSR count). The van der Waals surface area contributed by atoms with E-state index in [1.165, 1.54) is 12.8 Å². The summed E-state index contributed by atoms with van der Waals surface area (Å²) in [5, 5.41) is 3.29. The van der Waals surface area contributed by atoms with E-state index in [1.54, 1.807) is 24.8 Å². The molecule has 0 spiro atoms. The fourth-order valence-electron chi connectivity index (χ4n) is 5.39. The van der Waals surface area contributed by atoms with Crippen LogP contribution in [-0.2, 0) is 4.74 Å². The highest BCUT2D eigenvalue weighted by Gasteiger charge is 2.51. The number of amides is 1. The maximum absolute atomic E-state index is 12.2. The Morgan fingerprint density at radius 1 is 1.29 bits per heavy atom. The largest absolute Gasteiger partial charge is 0.489 e. The lowest BCUT2D eigenvalue weighted by atomic mass is 9.49. The topological polar surface area (TPSA) is 50.8 Å². The van der Waals surface area contributed by atoms with E-state index in [4.69, 9.17) is 21.1 Å². The first kappa shape index (κ1) is 22.6. The smallest absolute Gasteiger partial charge is 0.251 e. The van der Waals surface area contributed by atoms with E-state index in [9.17, 15) is 4.79 Å². The molecule has 0 radical (unpaired) electrons. The highest BCUT2D eigenvalue weighted by molar-refractivity contribution is 6.32. The van der Waals surface area contributed by atoms with Gasteiger partial charge in [0.1, 0.15) is 11.9 Å². The number of halogens is 1. The lowest BCUT2D eigenvalue weighted by Crippen LogP contribution is -2.50. The molecule has 1 saturated carbocycles. The highest BCUT2D eigenvalue weighted by Crippen LogP contribution is 2.59. The van der Waals surface area contributed by atoms with Gasteiger partial charge in [0.2, 0.25) is 0 Å². The summed E-state index contributed by atoms with van der Waals surface area (Å²) >= 11 is 6.41. The zero-order valence-corrected chi connectivity index (χ0v) is 19.7. The third kappa shape index (κ3) is 4.94. The minimum Gasteiger partial charge on any atom is -0.489 e. The second-order valence-electron chi connectivity index (χ2n) is 9.81. The number of ether oxygens (including phenoxy) is 2. The predicted octanol–water partition coefficient (Wildman–Crippen LogP) is 4.55. The number of carbonyl (C=O) groups excluding carboxylic acids is 1. The third-order valence-corrected chi connectivity index (χ3v) is 7.90. The lowest BCUT2D eigenvalue weighted by Gasteiger charge is -2.57. The first-order chi connectivity index (χ1) is 14.9. The normalized spacial score (nSPS) is 25.5. The fraction of sp³-hybridized carbons (Fsp3) is 0.640. The quantitative estimate of drug-likeness (QED) is 0.470. The van der Waals surface area contributed by atoms with Crippen LogP contribution in [0.3, 0.4) is 0 Å². The summed E-state index contributed by atoms with van der Waals surface area (Å²) in [7, 11) is 1.61. The summed E-state index contributed by atoms with van der Waals surface area (Å²) in [4.78, 5) is 14.7. The van der Waals surface area contributed by atoms with Crippen molar-refractivity contribution in [2.45, 2.75) is 45.6 Å². The number of benzene rings is 1. The van der Waals surface area contributed by atoms with Gasteiger partial charge in [-0.25, -0.2) is 0 Å². The van der Waals surface area contributed by atoms with Gasteiger partial charge in [0.25, 0.3) is 5.91 Å². The number of methoxy groups -OCH3 is 1. The van der Waals surface area contributed by atoms with E-state index in [0.717, 1.165) is 44.3 Å². The molecule has 170 valence electrons. The van der Waals surface area contributed by atoms with Crippen LogP contribution in [0.2, 0.25) is 5.02 Å². The van der Waals surface area contributed by atoms with Crippen LogP contribution in [-0.4, -0.2) is 56.8 Å². The number of hydrogen-bond donors (Lipinski definition) is 1. The summed E-state index contributed by atoms with van der Waals surface area (Å²) < 4.78 is 11.1. The Labute approximate surface area is 191 Å². The van der Waals surface area contributed by atoms with Crippen LogP contribution in [0.1, 0.15) is 49.9 Å². The molecule has 0 unspecified atom stereocenters. The molecule has 5 nitrogen and oxygen atoms in total. The van der Waals surface area contributed by atoms with Crippen molar-refractivity contribution in [3.63, 3.8) is 0 Å². The van der Waals surface area contributed by atoms with E-state index in [2.05, 4.69) is 30.1 Å². The number of likely N-dealkylation sites (tertiary alicyclic amines) is 1. The molecule has 31 heavy (non-hydrogen) atoms. The number of nitrogens with one attached hydrogen (secondary N) is 1. The third-order valence-electron chi connectivity index (χ3n) is 7.60. The van der Waals surface area contributed by atoms with Gasteiger partial charge in [-0.1, -0.05) is 37.1 Å². The summed E-state index contributed by atoms with van der Waals surface area (Å²) in [6.07, 6.45) is 7.33. The van der Waals surface area contributed by atoms with E-state index < -0.39 is 0 Å². The van der Waals surface area contributed by atoms with Crippen LogP contribution in [0.5, 0.6) is 5.75 Å². The molecule has 1 saturated heterocycles. The lowest BCUT2D eigenvalue weighted by molar-refractivity contribution is -0.0123. The Morgan fingerprint density at radius 3 is 2.71 bits per heavy atom. The summed E-state index contributed by atoms with van der Waals surface area (Å²) in [6.45, 7) is 9.05. The molecule has 6 heteroatoms. The number of fused-ring (bicyclic) bond motifs is 1. The molecular formula is C25H35ClN2O3. The average molecular weight is 447 g/mol. The van der Waals surface area contributed by atoms with Gasteiger partial charge in [-0.05, 0) is 61.1 Å². The first-order valence-electron chi connectivity index (χ1n) is 11.5. The molecule has 2 fully saturated rings. The van der Waals surface area contributed by atoms with Crippen LogP contribution >= 0.6 is 11.6 Å². The molecule has 2 bridgehead atoms. The van der Waals surface area contributed by atoms with Crippen molar-refractivity contribution in [1.82, 2.24) is 10.2 Å². The van der Waals surface area contributed by atoms with Crippen molar-refractivity contribution in [1.29, 1.82) is 0 Å². The molecule has 1 N–H and O–H groups in total. The summed E-state index contributed by atoms with van der Waals surface area (Å²) in [5.74, 6) is 2.18. The second-order valence-corrected chi connectivity index (χ2v) is 10.2. The zero-order valence-electron chi connectivity index (χ0n) is 19.0. The van der Waals surface area contributed by atoms with Gasteiger partial charge in [-0.3, -0.25) is 9.69 Å². The fourth-order valence-corrected chi connectivity index (χ4v) is 5.61. The maximum atomic E-state index is 12.2. The number of allylic oxidation sites excluding steroid dienone is 1. The number of piperidine rings is 1. The standard InChI is InChI=1S/C25H35ClN2O3/c1-25(2)19-6-4-18(21(25)15-19)16-28-11-8-20(9-12-28)31-23-7-5-17(14-22(23)26)24(29)27-10-13-30-3/h4-5,7,14,19-21H,6,8-13,15-16H2,1-3H3,(H,27,29)/t19-,21-/m0/s1. The van der Waals surface area contributed by atoms with Crippen molar-refractivity contribution < 1.29 is 14.3 Å². The van der Waals surface area contributed by atoms with E-state index >= 15 is 0 Å². The van der Waals surface area contributed by atoms with Crippen LogP contribution in [0.4, 0.5) is 0 Å². The van der Waals surface area contributed by atoms with Gasteiger partial charge in [-0.2, -0.15) is 0 Å². The monoisotopic (exact) mass is 446 g/mol. The van der Waals surface area contributed by atoms with Gasteiger partial charge in [0.15, 0.2) is 0 Å². The molecule has 1 heterocycles. The predicted molar refractivity (Wildman–Crippen MR) is 124 cm³/mol. The van der Waals surface area contributed by atoms with Crippen molar-refractivity contribution in [2.75, 3.05) is 39.9 Å². The molecule has 4 aliphatic rings. The zero-order chi connectivity index (χ0) is 22.0. The molecule has 0 aromatic heterocycles. The summed E-state index contributed by atoms with van der Waals surface area (Å²) in [5.41, 5.74) is 2.69. The molecule has 1 aromatic rings. The average Bonchev–Trinajstić information content (AvgIpc) is 2.76. The van der Waals surface area contributed by atoms with Crippen molar-refractivity contribution in [2.24, 2.45) is 17.3 Å². The van der Waals surface area contributed by atoms with Crippen LogP contribution in [0.25, 0.3) is 0 Å². The van der Waals surface area contributed by atoms with Gasteiger partial charge in [0.05, 0.1) is 11.6 Å². The highest BCUT2D eigenvalue weighted by atomic mass is 35.5. The van der Waals surface area contributed by atoms with Crippen molar-refractivity contribution in [3.05, 3.63) is 40.4 Å². The van der Waals surface area contributed by atoms with E-state index in [1.807, 2.05) is 6.07 Å². The van der Waals surface area contributed by atoms with Gasteiger partial charge in [0, 0.05) is 38.9 Å².